The van der Waals surface area contributed by atoms with Crippen molar-refractivity contribution in [1.82, 2.24) is 0 Å². The first-order valence-electron chi connectivity index (χ1n) is 6.60. The molecule has 3 rings (SSSR count). The molecule has 0 saturated heterocycles. The van der Waals surface area contributed by atoms with Gasteiger partial charge in [0.2, 0.25) is 0 Å². The Labute approximate surface area is 135 Å². The Balaban J connectivity index is 1.84. The van der Waals surface area contributed by atoms with Gasteiger partial charge < -0.3 is 19.4 Å². The summed E-state index contributed by atoms with van der Waals surface area (Å²) in [4.78, 5) is 25.4. The molecule has 0 saturated carbocycles. The first-order valence-corrected chi connectivity index (χ1v) is 7.40. The van der Waals surface area contributed by atoms with E-state index in [1.807, 2.05) is 0 Å². The summed E-state index contributed by atoms with van der Waals surface area (Å²) in [7, 11) is 1.69. The Morgan fingerprint density at radius 3 is 2.77 bits per heavy atom. The number of furan rings is 1. The second kappa shape index (κ2) is 5.49. The average Bonchev–Trinajstić information content (AvgIpc) is 2.91. The smallest absolute Gasteiger partial charge is 0.291 e. The van der Waals surface area contributed by atoms with Gasteiger partial charge in [-0.25, -0.2) is 0 Å². The Morgan fingerprint density at radius 1 is 1.32 bits per heavy atom. The van der Waals surface area contributed by atoms with E-state index >= 15 is 0 Å². The summed E-state index contributed by atoms with van der Waals surface area (Å²) in [6.07, 6.45) is -0.551. The van der Waals surface area contributed by atoms with Crippen molar-refractivity contribution in [2.75, 3.05) is 17.3 Å². The van der Waals surface area contributed by atoms with E-state index in [9.17, 15) is 9.59 Å². The number of likely N-dealkylation sites (N-methyl/N-ethyl adjacent to an activating group) is 1. The number of benzene rings is 1. The molecule has 0 radical (unpaired) electrons. The van der Waals surface area contributed by atoms with Crippen molar-refractivity contribution in [2.24, 2.45) is 0 Å². The van der Waals surface area contributed by atoms with Crippen molar-refractivity contribution in [3.05, 3.63) is 40.8 Å². The maximum atomic E-state index is 12.0. The number of nitrogens with zero attached hydrogens (tertiary/aromatic N) is 1. The molecule has 7 heteroatoms. The highest BCUT2D eigenvalue weighted by molar-refractivity contribution is 9.10. The van der Waals surface area contributed by atoms with Crippen LogP contribution in [-0.4, -0.2) is 25.0 Å². The number of ether oxygens (including phenoxy) is 1. The van der Waals surface area contributed by atoms with Gasteiger partial charge in [-0.3, -0.25) is 9.59 Å². The lowest BCUT2D eigenvalue weighted by molar-refractivity contribution is -0.125. The third-order valence-corrected chi connectivity index (χ3v) is 3.78. The highest BCUT2D eigenvalue weighted by Gasteiger charge is 2.29. The van der Waals surface area contributed by atoms with E-state index in [2.05, 4.69) is 21.2 Å². The predicted octanol–water partition coefficient (Wildman–Crippen LogP) is 3.04. The van der Waals surface area contributed by atoms with Gasteiger partial charge in [0, 0.05) is 18.8 Å². The van der Waals surface area contributed by atoms with Gasteiger partial charge in [-0.15, -0.1) is 0 Å². The molecule has 0 fully saturated rings. The van der Waals surface area contributed by atoms with Crippen LogP contribution in [0.25, 0.3) is 0 Å². The van der Waals surface area contributed by atoms with Crippen LogP contribution < -0.4 is 15.0 Å². The Bertz CT molecular complexity index is 756. The molecule has 0 aliphatic carbocycles. The molecule has 1 unspecified atom stereocenters. The fourth-order valence-electron chi connectivity index (χ4n) is 2.22. The standard InChI is InChI=1S/C15H13BrN2O4/c1-8-15(20)18(2)10-4-3-9(7-12(10)21-8)17-14(19)11-5-6-13(16)22-11/h3-8H,1-2H3,(H,17,19). The second-order valence-electron chi connectivity index (χ2n) is 4.90. The van der Waals surface area contributed by atoms with Gasteiger partial charge in [-0.05, 0) is 47.1 Å². The molecular formula is C15H13BrN2O4. The topological polar surface area (TPSA) is 71.8 Å². The lowest BCUT2D eigenvalue weighted by atomic mass is 10.2. The summed E-state index contributed by atoms with van der Waals surface area (Å²) in [5.74, 6) is 0.280. The van der Waals surface area contributed by atoms with Gasteiger partial charge in [0.1, 0.15) is 5.75 Å². The van der Waals surface area contributed by atoms with E-state index in [4.69, 9.17) is 9.15 Å². The third kappa shape index (κ3) is 2.59. The Morgan fingerprint density at radius 2 is 2.09 bits per heavy atom. The van der Waals surface area contributed by atoms with Gasteiger partial charge in [0.25, 0.3) is 11.8 Å². The van der Waals surface area contributed by atoms with Gasteiger partial charge in [-0.1, -0.05) is 0 Å². The van der Waals surface area contributed by atoms with Crippen LogP contribution >= 0.6 is 15.9 Å². The molecule has 1 atom stereocenters. The number of fused-ring (bicyclic) bond motifs is 1. The van der Waals surface area contributed by atoms with Crippen molar-refractivity contribution in [1.29, 1.82) is 0 Å². The van der Waals surface area contributed by atoms with E-state index < -0.39 is 6.10 Å². The summed E-state index contributed by atoms with van der Waals surface area (Å²) in [6, 6.07) is 8.34. The summed E-state index contributed by atoms with van der Waals surface area (Å²) < 4.78 is 11.3. The monoisotopic (exact) mass is 364 g/mol. The Kier molecular flexibility index (Phi) is 3.66. The molecular weight excluding hydrogens is 352 g/mol. The molecule has 22 heavy (non-hydrogen) atoms. The Hall–Kier alpha value is -2.28. The number of carbonyl (C=O) groups is 2. The molecule has 114 valence electrons. The van der Waals surface area contributed by atoms with Crippen LogP contribution in [-0.2, 0) is 4.79 Å². The van der Waals surface area contributed by atoms with Gasteiger partial charge >= 0.3 is 0 Å². The van der Waals surface area contributed by atoms with Gasteiger partial charge in [-0.2, -0.15) is 0 Å². The predicted molar refractivity (Wildman–Crippen MR) is 84.3 cm³/mol. The van der Waals surface area contributed by atoms with E-state index in [0.717, 1.165) is 0 Å². The summed E-state index contributed by atoms with van der Waals surface area (Å²) >= 11 is 3.15. The SMILES string of the molecule is CC1Oc2cc(NC(=O)c3ccc(Br)o3)ccc2N(C)C1=O. The van der Waals surface area contributed by atoms with E-state index in [-0.39, 0.29) is 17.6 Å². The molecule has 2 amide bonds. The maximum absolute atomic E-state index is 12.0. The van der Waals surface area contributed by atoms with Gasteiger partial charge in [0.05, 0.1) is 5.69 Å². The first kappa shape index (κ1) is 14.6. The van der Waals surface area contributed by atoms with Crippen LogP contribution in [0.1, 0.15) is 17.5 Å². The fraction of sp³-hybridized carbons (Fsp3) is 0.200. The van der Waals surface area contributed by atoms with Crippen LogP contribution in [0, 0.1) is 0 Å². The van der Waals surface area contributed by atoms with E-state index in [1.54, 1.807) is 49.2 Å². The molecule has 1 aromatic carbocycles. The van der Waals surface area contributed by atoms with Crippen LogP contribution in [0.5, 0.6) is 5.75 Å². The molecule has 0 spiro atoms. The zero-order chi connectivity index (χ0) is 15.9. The lowest BCUT2D eigenvalue weighted by Gasteiger charge is -2.30. The average molecular weight is 365 g/mol. The van der Waals surface area contributed by atoms with Crippen molar-refractivity contribution >= 4 is 39.1 Å². The van der Waals surface area contributed by atoms with Crippen molar-refractivity contribution in [3.8, 4) is 5.75 Å². The minimum absolute atomic E-state index is 0.107. The van der Waals surface area contributed by atoms with Gasteiger partial charge in [0.15, 0.2) is 16.5 Å². The van der Waals surface area contributed by atoms with Crippen LogP contribution in [0.15, 0.2) is 39.4 Å². The molecule has 2 aromatic rings. The second-order valence-corrected chi connectivity index (χ2v) is 5.68. The minimum Gasteiger partial charge on any atom is -0.479 e. The normalized spacial score (nSPS) is 17.0. The summed E-state index contributed by atoms with van der Waals surface area (Å²) in [6.45, 7) is 1.69. The largest absolute Gasteiger partial charge is 0.479 e. The molecule has 1 aliphatic rings. The number of rotatable bonds is 2. The molecule has 1 aromatic heterocycles. The number of carbonyl (C=O) groups excluding carboxylic acids is 2. The number of nitrogens with one attached hydrogen (secondary N) is 1. The molecule has 1 aliphatic heterocycles. The molecule has 6 nitrogen and oxygen atoms in total. The fourth-order valence-corrected chi connectivity index (χ4v) is 2.53. The minimum atomic E-state index is -0.551. The maximum Gasteiger partial charge on any atom is 0.291 e. The lowest BCUT2D eigenvalue weighted by Crippen LogP contribution is -2.41. The van der Waals surface area contributed by atoms with Crippen molar-refractivity contribution < 1.29 is 18.7 Å². The number of hydrogen-bond donors (Lipinski definition) is 1. The summed E-state index contributed by atoms with van der Waals surface area (Å²) in [5, 5.41) is 2.73. The van der Waals surface area contributed by atoms with E-state index in [1.165, 1.54) is 0 Å². The number of hydrogen-bond acceptors (Lipinski definition) is 4. The highest BCUT2D eigenvalue weighted by Crippen LogP contribution is 2.35. The summed E-state index contributed by atoms with van der Waals surface area (Å²) in [5.41, 5.74) is 1.23. The van der Waals surface area contributed by atoms with Crippen LogP contribution in [0.3, 0.4) is 0 Å². The number of anilines is 2. The molecule has 1 N–H and O–H groups in total. The highest BCUT2D eigenvalue weighted by atomic mass is 79.9. The first-order chi connectivity index (χ1) is 10.5. The van der Waals surface area contributed by atoms with Crippen LogP contribution in [0.4, 0.5) is 11.4 Å². The quantitative estimate of drug-likeness (QED) is 0.888. The van der Waals surface area contributed by atoms with Crippen LogP contribution in [0.2, 0.25) is 0 Å². The number of amides is 2. The number of halogens is 1. The van der Waals surface area contributed by atoms with E-state index in [0.29, 0.717) is 21.8 Å². The van der Waals surface area contributed by atoms with Crippen molar-refractivity contribution in [3.63, 3.8) is 0 Å². The van der Waals surface area contributed by atoms with Crippen molar-refractivity contribution in [2.45, 2.75) is 13.0 Å². The zero-order valence-corrected chi connectivity index (χ0v) is 13.5. The molecule has 0 bridgehead atoms. The third-order valence-electron chi connectivity index (χ3n) is 3.36. The molecule has 2 heterocycles. The zero-order valence-electron chi connectivity index (χ0n) is 11.9.